The van der Waals surface area contributed by atoms with E-state index in [0.29, 0.717) is 0 Å². The van der Waals surface area contributed by atoms with Crippen LogP contribution in [-0.4, -0.2) is 9.55 Å². The van der Waals surface area contributed by atoms with Crippen LogP contribution in [0.5, 0.6) is 0 Å². The van der Waals surface area contributed by atoms with E-state index in [1.807, 2.05) is 43.3 Å². The highest BCUT2D eigenvalue weighted by atomic mass is 15.1. The first-order chi connectivity index (χ1) is 9.74. The molecule has 2 aromatic carbocycles. The molecule has 0 saturated carbocycles. The molecule has 1 aromatic heterocycles. The lowest BCUT2D eigenvalue weighted by Crippen LogP contribution is -2.03. The van der Waals surface area contributed by atoms with Crippen molar-refractivity contribution in [1.29, 1.82) is 0 Å². The van der Waals surface area contributed by atoms with Crippen LogP contribution in [0.4, 0.5) is 5.69 Å². The molecule has 100 valence electrons. The van der Waals surface area contributed by atoms with Gasteiger partial charge in [-0.3, -0.25) is 0 Å². The molecule has 20 heavy (non-hydrogen) atoms. The molecule has 0 bridgehead atoms. The fraction of sp³-hybridized carbons (Fsp3) is 0.118. The van der Waals surface area contributed by atoms with Crippen molar-refractivity contribution in [3.8, 4) is 11.4 Å². The summed E-state index contributed by atoms with van der Waals surface area (Å²) in [5.74, 6) is 0.978. The maximum atomic E-state index is 6.03. The van der Waals surface area contributed by atoms with Gasteiger partial charge in [-0.2, -0.15) is 0 Å². The van der Waals surface area contributed by atoms with Gasteiger partial charge >= 0.3 is 0 Å². The van der Waals surface area contributed by atoms with Crippen molar-refractivity contribution in [2.75, 3.05) is 5.73 Å². The van der Waals surface area contributed by atoms with Gasteiger partial charge in [0, 0.05) is 17.4 Å². The number of nitrogens with two attached hydrogens (primary N) is 1. The van der Waals surface area contributed by atoms with Gasteiger partial charge in [-0.15, -0.1) is 0 Å². The number of hydrogen-bond acceptors (Lipinski definition) is 2. The smallest absolute Gasteiger partial charge is 0.140 e. The summed E-state index contributed by atoms with van der Waals surface area (Å²) < 4.78 is 2.15. The monoisotopic (exact) mass is 263 g/mol. The van der Waals surface area contributed by atoms with Crippen molar-refractivity contribution < 1.29 is 0 Å². The van der Waals surface area contributed by atoms with E-state index in [4.69, 9.17) is 5.73 Å². The lowest BCUT2D eigenvalue weighted by molar-refractivity contribution is 0.808. The van der Waals surface area contributed by atoms with Gasteiger partial charge in [-0.05, 0) is 18.6 Å². The zero-order chi connectivity index (χ0) is 13.9. The summed E-state index contributed by atoms with van der Waals surface area (Å²) in [4.78, 5) is 4.63. The van der Waals surface area contributed by atoms with Crippen LogP contribution in [0.15, 0.2) is 60.8 Å². The third kappa shape index (κ3) is 2.43. The van der Waals surface area contributed by atoms with Crippen LogP contribution in [0.25, 0.3) is 11.4 Å². The Bertz CT molecular complexity index is 714. The van der Waals surface area contributed by atoms with Crippen molar-refractivity contribution in [3.63, 3.8) is 0 Å². The van der Waals surface area contributed by atoms with Crippen LogP contribution in [0, 0.1) is 6.92 Å². The Morgan fingerprint density at radius 1 is 1.00 bits per heavy atom. The minimum Gasteiger partial charge on any atom is -0.398 e. The van der Waals surface area contributed by atoms with Gasteiger partial charge in [0.05, 0.1) is 12.2 Å². The number of hydrogen-bond donors (Lipinski definition) is 1. The van der Waals surface area contributed by atoms with E-state index >= 15 is 0 Å². The van der Waals surface area contributed by atoms with E-state index in [1.54, 1.807) is 0 Å². The normalized spacial score (nSPS) is 10.7. The van der Waals surface area contributed by atoms with Gasteiger partial charge in [0.25, 0.3) is 0 Å². The molecule has 0 amide bonds. The molecule has 0 atom stereocenters. The zero-order valence-corrected chi connectivity index (χ0v) is 11.5. The van der Waals surface area contributed by atoms with Gasteiger partial charge < -0.3 is 10.3 Å². The molecule has 3 heteroatoms. The maximum Gasteiger partial charge on any atom is 0.140 e. The first kappa shape index (κ1) is 12.5. The minimum absolute atomic E-state index is 0.734. The van der Waals surface area contributed by atoms with Gasteiger partial charge in [0.1, 0.15) is 5.82 Å². The Morgan fingerprint density at radius 3 is 2.45 bits per heavy atom. The standard InChI is InChI=1S/C17H17N3/c1-13-11-20(12-15-9-5-6-10-16(15)18)17(19-13)14-7-3-2-4-8-14/h2-11H,12,18H2,1H3. The molecule has 0 unspecified atom stereocenters. The number of aromatic nitrogens is 2. The van der Waals surface area contributed by atoms with Crippen LogP contribution >= 0.6 is 0 Å². The molecule has 3 aromatic rings. The number of aryl methyl sites for hydroxylation is 1. The fourth-order valence-electron chi connectivity index (χ4n) is 2.35. The second-order valence-corrected chi connectivity index (χ2v) is 4.90. The quantitative estimate of drug-likeness (QED) is 0.735. The van der Waals surface area contributed by atoms with Gasteiger partial charge in [-0.25, -0.2) is 4.98 Å². The summed E-state index contributed by atoms with van der Waals surface area (Å²) >= 11 is 0. The highest BCUT2D eigenvalue weighted by Gasteiger charge is 2.09. The second kappa shape index (κ2) is 5.21. The highest BCUT2D eigenvalue weighted by Crippen LogP contribution is 2.21. The molecule has 0 saturated heterocycles. The first-order valence-electron chi connectivity index (χ1n) is 6.66. The summed E-state index contributed by atoms with van der Waals surface area (Å²) in [6, 6.07) is 18.2. The van der Waals surface area contributed by atoms with Crippen LogP contribution < -0.4 is 5.73 Å². The third-order valence-corrected chi connectivity index (χ3v) is 3.32. The first-order valence-corrected chi connectivity index (χ1v) is 6.66. The largest absolute Gasteiger partial charge is 0.398 e. The molecule has 0 aliphatic rings. The molecule has 3 nitrogen and oxygen atoms in total. The molecular weight excluding hydrogens is 246 g/mol. The van der Waals surface area contributed by atoms with E-state index in [-0.39, 0.29) is 0 Å². The van der Waals surface area contributed by atoms with Crippen LogP contribution in [0.2, 0.25) is 0 Å². The molecule has 1 heterocycles. The van der Waals surface area contributed by atoms with Crippen LogP contribution in [-0.2, 0) is 6.54 Å². The Kier molecular flexibility index (Phi) is 3.25. The maximum absolute atomic E-state index is 6.03. The summed E-state index contributed by atoms with van der Waals surface area (Å²) in [6.45, 7) is 2.75. The fourth-order valence-corrected chi connectivity index (χ4v) is 2.35. The van der Waals surface area contributed by atoms with E-state index in [2.05, 4.69) is 33.9 Å². The predicted octanol–water partition coefficient (Wildman–Crippen LogP) is 3.49. The number of nitrogen functional groups attached to an aromatic ring is 1. The highest BCUT2D eigenvalue weighted by molar-refractivity contribution is 5.56. The van der Waals surface area contributed by atoms with Gasteiger partial charge in [-0.1, -0.05) is 48.5 Å². The SMILES string of the molecule is Cc1cn(Cc2ccccc2N)c(-c2ccccc2)n1. The molecule has 0 fully saturated rings. The predicted molar refractivity (Wildman–Crippen MR) is 82.4 cm³/mol. The number of nitrogens with zero attached hydrogens (tertiary/aromatic N) is 2. The van der Waals surface area contributed by atoms with Crippen LogP contribution in [0.1, 0.15) is 11.3 Å². The lowest BCUT2D eigenvalue weighted by Gasteiger charge is -2.10. The molecule has 0 aliphatic carbocycles. The number of imidazole rings is 1. The summed E-state index contributed by atoms with van der Waals surface area (Å²) in [7, 11) is 0. The average molecular weight is 263 g/mol. The molecule has 0 aliphatic heterocycles. The third-order valence-electron chi connectivity index (χ3n) is 3.32. The van der Waals surface area contributed by atoms with E-state index in [0.717, 1.165) is 34.9 Å². The number of rotatable bonds is 3. The van der Waals surface area contributed by atoms with E-state index in [1.165, 1.54) is 0 Å². The van der Waals surface area contributed by atoms with Crippen molar-refractivity contribution >= 4 is 5.69 Å². The van der Waals surface area contributed by atoms with Gasteiger partial charge in [0.15, 0.2) is 0 Å². The summed E-state index contributed by atoms with van der Waals surface area (Å²) in [5, 5.41) is 0. The Labute approximate surface area is 118 Å². The van der Waals surface area contributed by atoms with E-state index < -0.39 is 0 Å². The number of para-hydroxylation sites is 1. The molecule has 3 rings (SSSR count). The Morgan fingerprint density at radius 2 is 1.70 bits per heavy atom. The summed E-state index contributed by atoms with van der Waals surface area (Å²) in [5.41, 5.74) is 10.1. The van der Waals surface area contributed by atoms with Gasteiger partial charge in [0.2, 0.25) is 0 Å². The number of anilines is 1. The van der Waals surface area contributed by atoms with Crippen molar-refractivity contribution in [2.24, 2.45) is 0 Å². The van der Waals surface area contributed by atoms with Crippen molar-refractivity contribution in [2.45, 2.75) is 13.5 Å². The zero-order valence-electron chi connectivity index (χ0n) is 11.5. The molecule has 2 N–H and O–H groups in total. The van der Waals surface area contributed by atoms with Crippen molar-refractivity contribution in [1.82, 2.24) is 9.55 Å². The summed E-state index contributed by atoms with van der Waals surface area (Å²) in [6.07, 6.45) is 2.06. The van der Waals surface area contributed by atoms with Crippen LogP contribution in [0.3, 0.4) is 0 Å². The molecule has 0 spiro atoms. The minimum atomic E-state index is 0.734. The van der Waals surface area contributed by atoms with E-state index in [9.17, 15) is 0 Å². The second-order valence-electron chi connectivity index (χ2n) is 4.90. The number of benzene rings is 2. The molecule has 0 radical (unpaired) electrons. The average Bonchev–Trinajstić information content (AvgIpc) is 2.83. The topological polar surface area (TPSA) is 43.8 Å². The van der Waals surface area contributed by atoms with Crippen molar-refractivity contribution in [3.05, 3.63) is 72.1 Å². The Balaban J connectivity index is 2.01. The molecular formula is C17H17N3. The Hall–Kier alpha value is -2.55. The lowest BCUT2D eigenvalue weighted by atomic mass is 10.1.